The predicted octanol–water partition coefficient (Wildman–Crippen LogP) is 5.44. The highest BCUT2D eigenvalue weighted by molar-refractivity contribution is 6.33. The fraction of sp³-hybridized carbons (Fsp3) is 0.333. The highest BCUT2D eigenvalue weighted by Gasteiger charge is 2.11. The molecule has 0 spiro atoms. The van der Waals surface area contributed by atoms with Crippen molar-refractivity contribution in [2.24, 2.45) is 0 Å². The summed E-state index contributed by atoms with van der Waals surface area (Å²) in [6, 6.07) is 12.2. The van der Waals surface area contributed by atoms with Gasteiger partial charge in [0, 0.05) is 38.4 Å². The van der Waals surface area contributed by atoms with Gasteiger partial charge in [-0.1, -0.05) is 23.2 Å². The zero-order chi connectivity index (χ0) is 15.7. The molecule has 2 aromatic carbocycles. The van der Waals surface area contributed by atoms with Crippen LogP contribution in [0.2, 0.25) is 10.0 Å². The quantitative estimate of drug-likeness (QED) is 0.563. The molecule has 0 aliphatic heterocycles. The van der Waals surface area contributed by atoms with Crippen LogP contribution in [0.25, 0.3) is 21.8 Å². The highest BCUT2D eigenvalue weighted by atomic mass is 35.5. The second-order valence-electron chi connectivity index (χ2n) is 5.98. The molecule has 3 rings (SSSR count). The Bertz CT molecular complexity index is 746. The summed E-state index contributed by atoms with van der Waals surface area (Å²) in [5.74, 6) is 0. The molecular weight excluding hydrogens is 315 g/mol. The molecule has 0 N–H and O–H groups in total. The van der Waals surface area contributed by atoms with E-state index < -0.39 is 0 Å². The summed E-state index contributed by atoms with van der Waals surface area (Å²) in [5.41, 5.74) is 2.46. The van der Waals surface area contributed by atoms with Crippen LogP contribution in [0.4, 0.5) is 0 Å². The molecule has 0 unspecified atom stereocenters. The molecule has 116 valence electrons. The van der Waals surface area contributed by atoms with E-state index in [0.29, 0.717) is 0 Å². The van der Waals surface area contributed by atoms with Crippen molar-refractivity contribution in [3.05, 3.63) is 46.4 Å². The molecule has 3 aromatic rings. The Hall–Kier alpha value is -1.22. The summed E-state index contributed by atoms with van der Waals surface area (Å²) in [4.78, 5) is 2.23. The largest absolute Gasteiger partial charge is 0.340 e. The van der Waals surface area contributed by atoms with Gasteiger partial charge in [-0.3, -0.25) is 0 Å². The molecule has 0 aliphatic carbocycles. The Morgan fingerprint density at radius 2 is 1.41 bits per heavy atom. The first-order valence-corrected chi connectivity index (χ1v) is 8.33. The van der Waals surface area contributed by atoms with Crippen LogP contribution in [0.1, 0.15) is 12.8 Å². The molecule has 0 saturated heterocycles. The topological polar surface area (TPSA) is 8.17 Å². The number of fused-ring (bicyclic) bond motifs is 3. The minimum Gasteiger partial charge on any atom is -0.340 e. The number of aryl methyl sites for hydroxylation is 1. The molecule has 0 atom stereocenters. The molecule has 0 saturated carbocycles. The number of benzene rings is 2. The lowest BCUT2D eigenvalue weighted by Gasteiger charge is -2.11. The van der Waals surface area contributed by atoms with Crippen molar-refractivity contribution < 1.29 is 0 Å². The van der Waals surface area contributed by atoms with Gasteiger partial charge in [-0.2, -0.15) is 0 Å². The average Bonchev–Trinajstić information content (AvgIpc) is 2.76. The lowest BCUT2D eigenvalue weighted by Crippen LogP contribution is -2.13. The van der Waals surface area contributed by atoms with E-state index in [0.717, 1.165) is 29.6 Å². The number of unbranched alkanes of at least 4 members (excludes halogenated alkanes) is 1. The Morgan fingerprint density at radius 1 is 0.864 bits per heavy atom. The van der Waals surface area contributed by atoms with Gasteiger partial charge in [0.05, 0.1) is 0 Å². The van der Waals surface area contributed by atoms with Crippen LogP contribution in [0.15, 0.2) is 36.4 Å². The van der Waals surface area contributed by atoms with E-state index in [1.807, 2.05) is 24.3 Å². The van der Waals surface area contributed by atoms with E-state index in [4.69, 9.17) is 23.2 Å². The normalized spacial score (nSPS) is 11.9. The Labute approximate surface area is 141 Å². The maximum Gasteiger partial charge on any atom is 0.0492 e. The summed E-state index contributed by atoms with van der Waals surface area (Å²) in [5, 5.41) is 3.88. The summed E-state index contributed by atoms with van der Waals surface area (Å²) in [6.45, 7) is 2.13. The third-order valence-corrected chi connectivity index (χ3v) is 4.50. The van der Waals surface area contributed by atoms with Crippen molar-refractivity contribution in [1.29, 1.82) is 0 Å². The van der Waals surface area contributed by atoms with Crippen LogP contribution in [-0.4, -0.2) is 30.1 Å². The molecule has 22 heavy (non-hydrogen) atoms. The molecule has 4 heteroatoms. The first-order chi connectivity index (χ1) is 10.6. The van der Waals surface area contributed by atoms with Crippen molar-refractivity contribution >= 4 is 45.0 Å². The number of hydrogen-bond acceptors (Lipinski definition) is 1. The Morgan fingerprint density at radius 3 is 1.91 bits per heavy atom. The van der Waals surface area contributed by atoms with Crippen LogP contribution >= 0.6 is 23.2 Å². The van der Waals surface area contributed by atoms with E-state index in [1.54, 1.807) is 0 Å². The number of halogens is 2. The summed E-state index contributed by atoms with van der Waals surface area (Å²) in [6.07, 6.45) is 2.34. The van der Waals surface area contributed by atoms with Gasteiger partial charge in [0.2, 0.25) is 0 Å². The minimum atomic E-state index is 0.763. The second-order valence-corrected chi connectivity index (χ2v) is 6.86. The standard InChI is InChI=1S/C18H20Cl2N2/c1-21(2)9-3-4-10-22-17-7-5-13(19)11-15(17)16-12-14(20)6-8-18(16)22/h5-8,11-12H,3-4,9-10H2,1-2H3. The molecular formula is C18H20Cl2N2. The van der Waals surface area contributed by atoms with Crippen LogP contribution in [0.5, 0.6) is 0 Å². The summed E-state index contributed by atoms with van der Waals surface area (Å²) >= 11 is 12.4. The average molecular weight is 335 g/mol. The smallest absolute Gasteiger partial charge is 0.0492 e. The van der Waals surface area contributed by atoms with Gasteiger partial charge >= 0.3 is 0 Å². The van der Waals surface area contributed by atoms with Crippen molar-refractivity contribution in [3.8, 4) is 0 Å². The van der Waals surface area contributed by atoms with Gasteiger partial charge in [0.15, 0.2) is 0 Å². The van der Waals surface area contributed by atoms with Gasteiger partial charge in [0.25, 0.3) is 0 Å². The van der Waals surface area contributed by atoms with E-state index >= 15 is 0 Å². The van der Waals surface area contributed by atoms with E-state index in [1.165, 1.54) is 28.2 Å². The van der Waals surface area contributed by atoms with E-state index in [2.05, 4.69) is 35.7 Å². The van der Waals surface area contributed by atoms with Gasteiger partial charge in [-0.15, -0.1) is 0 Å². The van der Waals surface area contributed by atoms with Crippen LogP contribution in [0.3, 0.4) is 0 Å². The molecule has 0 bridgehead atoms. The lowest BCUT2D eigenvalue weighted by molar-refractivity contribution is 0.389. The zero-order valence-corrected chi connectivity index (χ0v) is 14.5. The SMILES string of the molecule is CN(C)CCCCn1c2ccc(Cl)cc2c2cc(Cl)ccc21. The summed E-state index contributed by atoms with van der Waals surface area (Å²) in [7, 11) is 4.23. The van der Waals surface area contributed by atoms with Crippen molar-refractivity contribution in [2.45, 2.75) is 19.4 Å². The van der Waals surface area contributed by atoms with Gasteiger partial charge < -0.3 is 9.47 Å². The first kappa shape index (κ1) is 15.7. The fourth-order valence-corrected chi connectivity index (χ4v) is 3.33. The Kier molecular flexibility index (Phi) is 4.62. The molecule has 0 amide bonds. The number of aromatic nitrogens is 1. The van der Waals surface area contributed by atoms with Gasteiger partial charge in [0.1, 0.15) is 0 Å². The van der Waals surface area contributed by atoms with Crippen LogP contribution in [0, 0.1) is 0 Å². The second kappa shape index (κ2) is 6.49. The predicted molar refractivity (Wildman–Crippen MR) is 97.3 cm³/mol. The lowest BCUT2D eigenvalue weighted by atomic mass is 10.1. The monoisotopic (exact) mass is 334 g/mol. The van der Waals surface area contributed by atoms with E-state index in [9.17, 15) is 0 Å². The number of hydrogen-bond donors (Lipinski definition) is 0. The zero-order valence-electron chi connectivity index (χ0n) is 12.9. The third kappa shape index (κ3) is 3.10. The van der Waals surface area contributed by atoms with Gasteiger partial charge in [-0.05, 0) is 69.9 Å². The maximum atomic E-state index is 6.18. The molecule has 0 aliphatic rings. The van der Waals surface area contributed by atoms with Crippen LogP contribution in [-0.2, 0) is 6.54 Å². The number of rotatable bonds is 5. The fourth-order valence-electron chi connectivity index (χ4n) is 2.99. The third-order valence-electron chi connectivity index (χ3n) is 4.03. The van der Waals surface area contributed by atoms with Crippen molar-refractivity contribution in [3.63, 3.8) is 0 Å². The molecule has 1 heterocycles. The van der Waals surface area contributed by atoms with Gasteiger partial charge in [-0.25, -0.2) is 0 Å². The summed E-state index contributed by atoms with van der Waals surface area (Å²) < 4.78 is 2.38. The molecule has 0 radical (unpaired) electrons. The maximum absolute atomic E-state index is 6.18. The van der Waals surface area contributed by atoms with Crippen LogP contribution < -0.4 is 0 Å². The first-order valence-electron chi connectivity index (χ1n) is 7.58. The number of nitrogens with zero attached hydrogens (tertiary/aromatic N) is 2. The molecule has 2 nitrogen and oxygen atoms in total. The highest BCUT2D eigenvalue weighted by Crippen LogP contribution is 2.33. The van der Waals surface area contributed by atoms with Crippen molar-refractivity contribution in [2.75, 3.05) is 20.6 Å². The van der Waals surface area contributed by atoms with Crippen molar-refractivity contribution in [1.82, 2.24) is 9.47 Å². The Balaban J connectivity index is 2.03. The molecule has 1 aromatic heterocycles. The van der Waals surface area contributed by atoms with E-state index in [-0.39, 0.29) is 0 Å². The molecule has 0 fully saturated rings. The minimum absolute atomic E-state index is 0.763.